The number of carboxylic acids is 1. The third-order valence-corrected chi connectivity index (χ3v) is 2.99. The van der Waals surface area contributed by atoms with E-state index in [4.69, 9.17) is 9.84 Å². The molecule has 1 fully saturated rings. The van der Waals surface area contributed by atoms with E-state index < -0.39 is 5.97 Å². The number of carboxylic acid groups (broad SMARTS) is 1. The third kappa shape index (κ3) is 6.26. The highest BCUT2D eigenvalue weighted by atomic mass is 16.5. The van der Waals surface area contributed by atoms with Gasteiger partial charge >= 0.3 is 5.97 Å². The highest BCUT2D eigenvalue weighted by Gasteiger charge is 2.17. The SMILES string of the molecule is CC(CNC(=O)CC1CCOCC1)CC(=O)O. The van der Waals surface area contributed by atoms with Gasteiger partial charge in [-0.2, -0.15) is 0 Å². The maximum absolute atomic E-state index is 11.6. The number of hydrogen-bond donors (Lipinski definition) is 2. The standard InChI is InChI=1S/C12H21NO4/c1-9(6-12(15)16)8-13-11(14)7-10-2-4-17-5-3-10/h9-10H,2-8H2,1H3,(H,13,14)(H,15,16). The maximum atomic E-state index is 11.6. The number of carbonyl (C=O) groups excluding carboxylic acids is 1. The van der Waals surface area contributed by atoms with E-state index in [0.717, 1.165) is 26.1 Å². The van der Waals surface area contributed by atoms with Gasteiger partial charge in [-0.05, 0) is 24.7 Å². The highest BCUT2D eigenvalue weighted by Crippen LogP contribution is 2.18. The van der Waals surface area contributed by atoms with Crippen molar-refractivity contribution in [2.75, 3.05) is 19.8 Å². The molecule has 0 saturated carbocycles. The summed E-state index contributed by atoms with van der Waals surface area (Å²) in [5.41, 5.74) is 0. The molecule has 2 N–H and O–H groups in total. The van der Waals surface area contributed by atoms with Crippen LogP contribution in [0.4, 0.5) is 0 Å². The van der Waals surface area contributed by atoms with Gasteiger partial charge in [-0.1, -0.05) is 6.92 Å². The number of ether oxygens (including phenoxy) is 1. The first-order valence-corrected chi connectivity index (χ1v) is 6.14. The van der Waals surface area contributed by atoms with E-state index in [1.54, 1.807) is 0 Å². The first kappa shape index (κ1) is 14.0. The predicted molar refractivity (Wildman–Crippen MR) is 62.6 cm³/mol. The Morgan fingerprint density at radius 3 is 2.65 bits per heavy atom. The summed E-state index contributed by atoms with van der Waals surface area (Å²) in [4.78, 5) is 22.0. The van der Waals surface area contributed by atoms with Crippen molar-refractivity contribution in [2.24, 2.45) is 11.8 Å². The quantitative estimate of drug-likeness (QED) is 0.730. The molecule has 1 aliphatic heterocycles. The van der Waals surface area contributed by atoms with Gasteiger partial charge in [0.2, 0.25) is 5.91 Å². The largest absolute Gasteiger partial charge is 0.481 e. The number of nitrogens with one attached hydrogen (secondary N) is 1. The molecule has 1 aliphatic rings. The van der Waals surface area contributed by atoms with Gasteiger partial charge in [-0.25, -0.2) is 0 Å². The lowest BCUT2D eigenvalue weighted by atomic mass is 9.96. The molecule has 5 nitrogen and oxygen atoms in total. The first-order chi connectivity index (χ1) is 8.08. The summed E-state index contributed by atoms with van der Waals surface area (Å²) in [6, 6.07) is 0. The minimum atomic E-state index is -0.823. The number of aliphatic carboxylic acids is 1. The van der Waals surface area contributed by atoms with Crippen molar-refractivity contribution in [2.45, 2.75) is 32.6 Å². The second-order valence-corrected chi connectivity index (χ2v) is 4.77. The van der Waals surface area contributed by atoms with Gasteiger partial charge in [0.25, 0.3) is 0 Å². The molecule has 0 aromatic carbocycles. The second kappa shape index (κ2) is 7.27. The Hall–Kier alpha value is -1.10. The van der Waals surface area contributed by atoms with E-state index in [-0.39, 0.29) is 18.2 Å². The summed E-state index contributed by atoms with van der Waals surface area (Å²) in [5.74, 6) is -0.407. The van der Waals surface area contributed by atoms with Gasteiger partial charge in [0.15, 0.2) is 0 Å². The third-order valence-electron chi connectivity index (χ3n) is 2.99. The molecule has 1 amide bonds. The van der Waals surface area contributed by atoms with Gasteiger partial charge in [-0.3, -0.25) is 9.59 Å². The van der Waals surface area contributed by atoms with Crippen molar-refractivity contribution in [1.29, 1.82) is 0 Å². The van der Waals surface area contributed by atoms with Crippen LogP contribution in [0.5, 0.6) is 0 Å². The number of amides is 1. The highest BCUT2D eigenvalue weighted by molar-refractivity contribution is 5.76. The summed E-state index contributed by atoms with van der Waals surface area (Å²) >= 11 is 0. The molecule has 0 aliphatic carbocycles. The molecule has 1 heterocycles. The molecule has 98 valence electrons. The summed E-state index contributed by atoms with van der Waals surface area (Å²) in [5, 5.41) is 11.4. The average molecular weight is 243 g/mol. The summed E-state index contributed by atoms with van der Waals surface area (Å²) in [7, 11) is 0. The zero-order valence-electron chi connectivity index (χ0n) is 10.3. The van der Waals surface area contributed by atoms with E-state index in [9.17, 15) is 9.59 Å². The lowest BCUT2D eigenvalue weighted by molar-refractivity contribution is -0.138. The van der Waals surface area contributed by atoms with Crippen LogP contribution >= 0.6 is 0 Å². The van der Waals surface area contributed by atoms with E-state index in [2.05, 4.69) is 5.32 Å². The van der Waals surface area contributed by atoms with Crippen molar-refractivity contribution < 1.29 is 19.4 Å². The summed E-state index contributed by atoms with van der Waals surface area (Å²) in [6.07, 6.45) is 2.51. The van der Waals surface area contributed by atoms with Gasteiger partial charge in [-0.15, -0.1) is 0 Å². The molecule has 5 heteroatoms. The van der Waals surface area contributed by atoms with Crippen LogP contribution in [0.15, 0.2) is 0 Å². The average Bonchev–Trinajstić information content (AvgIpc) is 2.27. The molecule has 0 aromatic rings. The minimum absolute atomic E-state index is 0.0221. The Kier molecular flexibility index (Phi) is 5.97. The van der Waals surface area contributed by atoms with Crippen molar-refractivity contribution in [1.82, 2.24) is 5.32 Å². The topological polar surface area (TPSA) is 75.6 Å². The van der Waals surface area contributed by atoms with Crippen LogP contribution in [-0.2, 0) is 14.3 Å². The monoisotopic (exact) mass is 243 g/mol. The predicted octanol–water partition coefficient (Wildman–Crippen LogP) is 1.03. The van der Waals surface area contributed by atoms with E-state index in [0.29, 0.717) is 18.9 Å². The molecular weight excluding hydrogens is 222 g/mol. The van der Waals surface area contributed by atoms with Crippen LogP contribution in [0.3, 0.4) is 0 Å². The fourth-order valence-electron chi connectivity index (χ4n) is 1.94. The molecule has 0 spiro atoms. The minimum Gasteiger partial charge on any atom is -0.481 e. The Morgan fingerprint density at radius 1 is 1.41 bits per heavy atom. The van der Waals surface area contributed by atoms with E-state index in [1.807, 2.05) is 6.92 Å². The first-order valence-electron chi connectivity index (χ1n) is 6.14. The molecule has 17 heavy (non-hydrogen) atoms. The van der Waals surface area contributed by atoms with Crippen LogP contribution in [0.25, 0.3) is 0 Å². The molecule has 0 aromatic heterocycles. The Bertz CT molecular complexity index is 261. The molecule has 1 rings (SSSR count). The van der Waals surface area contributed by atoms with Gasteiger partial charge in [0.1, 0.15) is 0 Å². The fraction of sp³-hybridized carbons (Fsp3) is 0.833. The van der Waals surface area contributed by atoms with E-state index >= 15 is 0 Å². The smallest absolute Gasteiger partial charge is 0.303 e. The molecule has 1 unspecified atom stereocenters. The lowest BCUT2D eigenvalue weighted by Gasteiger charge is -2.21. The number of carbonyl (C=O) groups is 2. The van der Waals surface area contributed by atoms with Gasteiger partial charge < -0.3 is 15.2 Å². The van der Waals surface area contributed by atoms with Crippen LogP contribution in [0, 0.1) is 11.8 Å². The van der Waals surface area contributed by atoms with Gasteiger partial charge in [0.05, 0.1) is 0 Å². The van der Waals surface area contributed by atoms with Crippen molar-refractivity contribution in [3.63, 3.8) is 0 Å². The van der Waals surface area contributed by atoms with Crippen LogP contribution < -0.4 is 5.32 Å². The maximum Gasteiger partial charge on any atom is 0.303 e. The zero-order valence-corrected chi connectivity index (χ0v) is 10.3. The Balaban J connectivity index is 2.13. The van der Waals surface area contributed by atoms with Gasteiger partial charge in [0, 0.05) is 32.6 Å². The molecular formula is C12H21NO4. The normalized spacial score (nSPS) is 18.6. The molecule has 1 saturated heterocycles. The van der Waals surface area contributed by atoms with Crippen molar-refractivity contribution in [3.05, 3.63) is 0 Å². The number of rotatable bonds is 6. The van der Waals surface area contributed by atoms with Crippen LogP contribution in [0.1, 0.15) is 32.6 Å². The summed E-state index contributed by atoms with van der Waals surface area (Å²) in [6.45, 7) is 3.75. The number of hydrogen-bond acceptors (Lipinski definition) is 3. The van der Waals surface area contributed by atoms with Crippen LogP contribution in [-0.4, -0.2) is 36.7 Å². The zero-order chi connectivity index (χ0) is 12.7. The Labute approximate surface area is 102 Å². The fourth-order valence-corrected chi connectivity index (χ4v) is 1.94. The van der Waals surface area contributed by atoms with E-state index in [1.165, 1.54) is 0 Å². The molecule has 1 atom stereocenters. The lowest BCUT2D eigenvalue weighted by Crippen LogP contribution is -2.31. The Morgan fingerprint density at radius 2 is 2.06 bits per heavy atom. The summed E-state index contributed by atoms with van der Waals surface area (Å²) < 4.78 is 5.23. The van der Waals surface area contributed by atoms with Crippen LogP contribution in [0.2, 0.25) is 0 Å². The van der Waals surface area contributed by atoms with Crippen molar-refractivity contribution >= 4 is 11.9 Å². The van der Waals surface area contributed by atoms with Crippen molar-refractivity contribution in [3.8, 4) is 0 Å². The molecule has 0 bridgehead atoms. The molecule has 0 radical (unpaired) electrons. The second-order valence-electron chi connectivity index (χ2n) is 4.77.